The average molecular weight is 391 g/mol. The first-order chi connectivity index (χ1) is 12.6. The van der Waals surface area contributed by atoms with Crippen LogP contribution >= 0.6 is 20.8 Å². The lowest BCUT2D eigenvalue weighted by atomic mass is 10.1. The van der Waals surface area contributed by atoms with Crippen LogP contribution in [0.3, 0.4) is 0 Å². The van der Waals surface area contributed by atoms with Crippen molar-refractivity contribution in [3.63, 3.8) is 0 Å². The molecule has 1 atom stereocenters. The summed E-state index contributed by atoms with van der Waals surface area (Å²) in [5.41, 5.74) is 2.13. The fourth-order valence-electron chi connectivity index (χ4n) is 2.64. The first-order valence-electron chi connectivity index (χ1n) is 8.45. The molecule has 3 aromatic heterocycles. The number of Topliss-reactive ketones (excluding diaryl/α,β-unsaturated/α-hetero) is 1. The number of fused-ring (bicyclic) bond motifs is 1. The first-order valence-corrected chi connectivity index (χ1v) is 9.64. The lowest BCUT2D eigenvalue weighted by molar-refractivity contribution is 0.0978. The van der Waals surface area contributed by atoms with Crippen LogP contribution in [0.2, 0.25) is 5.02 Å². The number of carbonyl (C=O) groups excluding carboxylic acids is 1. The maximum absolute atomic E-state index is 12.3. The third-order valence-corrected chi connectivity index (χ3v) is 4.29. The number of carbonyl (C=O) groups is 1. The zero-order valence-electron chi connectivity index (χ0n) is 14.5. The van der Waals surface area contributed by atoms with Crippen LogP contribution in [0.15, 0.2) is 30.7 Å². The number of nitrogens with zero attached hydrogens (tertiary/aromatic N) is 4. The van der Waals surface area contributed by atoms with Gasteiger partial charge in [-0.3, -0.25) is 14.5 Å². The van der Waals surface area contributed by atoms with Crippen LogP contribution in [0.4, 0.5) is 0 Å². The Labute approximate surface area is 159 Å². The van der Waals surface area contributed by atoms with Crippen molar-refractivity contribution in [3.8, 4) is 5.88 Å². The monoisotopic (exact) mass is 390 g/mol. The van der Waals surface area contributed by atoms with Gasteiger partial charge in [0, 0.05) is 30.4 Å². The second-order valence-corrected chi connectivity index (χ2v) is 6.84. The highest BCUT2D eigenvalue weighted by Gasteiger charge is 2.14. The number of halogens is 1. The summed E-state index contributed by atoms with van der Waals surface area (Å²) in [6.45, 7) is 3.01. The van der Waals surface area contributed by atoms with E-state index in [0.29, 0.717) is 36.2 Å². The molecule has 0 aliphatic heterocycles. The molecule has 0 fully saturated rings. The van der Waals surface area contributed by atoms with Gasteiger partial charge in [0.1, 0.15) is 10.7 Å². The van der Waals surface area contributed by atoms with E-state index in [1.54, 1.807) is 23.1 Å². The summed E-state index contributed by atoms with van der Waals surface area (Å²) in [6.07, 6.45) is 7.27. The molecule has 136 valence electrons. The number of pyridine rings is 2. The molecular weight excluding hydrogens is 371 g/mol. The van der Waals surface area contributed by atoms with Crippen LogP contribution in [0.5, 0.6) is 5.88 Å². The average Bonchev–Trinajstić information content (AvgIpc) is 3.03. The van der Waals surface area contributed by atoms with Crippen molar-refractivity contribution in [2.45, 2.75) is 26.3 Å². The van der Waals surface area contributed by atoms with Crippen LogP contribution < -0.4 is 4.74 Å². The van der Waals surface area contributed by atoms with Gasteiger partial charge in [-0.25, -0.2) is 4.98 Å². The number of hydrogen-bond acceptors (Lipinski definition) is 5. The predicted molar refractivity (Wildman–Crippen MR) is 105 cm³/mol. The van der Waals surface area contributed by atoms with E-state index >= 15 is 0 Å². The standard InChI is InChI=1S/C18H20ClN4O2P/c1-2-3-16(24)17-13-11-23(22-15(13)4-5-20-17)10-12-8-14(19)18(21-9-12)25-6-7-26/h4-5,8-9,11H,2-3,6-7,10,26H2,1H3. The van der Waals surface area contributed by atoms with Gasteiger partial charge >= 0.3 is 0 Å². The van der Waals surface area contributed by atoms with E-state index in [0.717, 1.165) is 29.0 Å². The largest absolute Gasteiger partial charge is 0.476 e. The van der Waals surface area contributed by atoms with Gasteiger partial charge in [0.2, 0.25) is 5.88 Å². The van der Waals surface area contributed by atoms with Crippen molar-refractivity contribution in [3.05, 3.63) is 47.0 Å². The van der Waals surface area contributed by atoms with Gasteiger partial charge in [0.15, 0.2) is 5.78 Å². The maximum atomic E-state index is 12.3. The van der Waals surface area contributed by atoms with Crippen molar-refractivity contribution >= 4 is 37.5 Å². The summed E-state index contributed by atoms with van der Waals surface area (Å²) in [7, 11) is 2.59. The molecular formula is C18H20ClN4O2P. The summed E-state index contributed by atoms with van der Waals surface area (Å²) in [5.74, 6) is 0.470. The third kappa shape index (κ3) is 4.19. The third-order valence-electron chi connectivity index (χ3n) is 3.79. The first kappa shape index (κ1) is 18.7. The highest BCUT2D eigenvalue weighted by molar-refractivity contribution is 7.16. The van der Waals surface area contributed by atoms with Gasteiger partial charge in [-0.2, -0.15) is 5.10 Å². The van der Waals surface area contributed by atoms with E-state index < -0.39 is 0 Å². The van der Waals surface area contributed by atoms with Crippen LogP contribution in [-0.2, 0) is 6.54 Å². The van der Waals surface area contributed by atoms with Gasteiger partial charge < -0.3 is 4.74 Å². The Kier molecular flexibility index (Phi) is 6.17. The summed E-state index contributed by atoms with van der Waals surface area (Å²) >= 11 is 6.23. The number of ether oxygens (including phenoxy) is 1. The van der Waals surface area contributed by atoms with Crippen molar-refractivity contribution in [1.29, 1.82) is 0 Å². The molecule has 8 heteroatoms. The van der Waals surface area contributed by atoms with E-state index in [4.69, 9.17) is 16.3 Å². The summed E-state index contributed by atoms with van der Waals surface area (Å²) < 4.78 is 7.24. The van der Waals surface area contributed by atoms with Gasteiger partial charge in [-0.15, -0.1) is 9.24 Å². The minimum atomic E-state index is 0.0398. The lowest BCUT2D eigenvalue weighted by Crippen LogP contribution is -2.03. The second-order valence-electron chi connectivity index (χ2n) is 5.86. The Morgan fingerprint density at radius 1 is 1.38 bits per heavy atom. The fourth-order valence-corrected chi connectivity index (χ4v) is 3.00. The number of ketones is 1. The molecule has 0 aliphatic carbocycles. The van der Waals surface area contributed by atoms with Crippen molar-refractivity contribution in [1.82, 2.24) is 19.7 Å². The SMILES string of the molecule is CCCC(=O)c1nccc2nn(Cc3cnc(OCCP)c(Cl)c3)cc12. The molecule has 26 heavy (non-hydrogen) atoms. The predicted octanol–water partition coefficient (Wildman–Crippen LogP) is 3.76. The number of rotatable bonds is 8. The Bertz CT molecular complexity index is 929. The van der Waals surface area contributed by atoms with E-state index in [1.807, 2.05) is 19.2 Å². The molecule has 0 spiro atoms. The van der Waals surface area contributed by atoms with Gasteiger partial charge in [0.05, 0.1) is 18.7 Å². The molecule has 0 amide bonds. The normalized spacial score (nSPS) is 11.0. The Morgan fingerprint density at radius 2 is 2.23 bits per heavy atom. The van der Waals surface area contributed by atoms with Gasteiger partial charge in [-0.05, 0) is 30.3 Å². The highest BCUT2D eigenvalue weighted by Crippen LogP contribution is 2.23. The van der Waals surface area contributed by atoms with Crippen molar-refractivity contribution in [2.24, 2.45) is 0 Å². The van der Waals surface area contributed by atoms with E-state index in [9.17, 15) is 4.79 Å². The molecule has 0 N–H and O–H groups in total. The smallest absolute Gasteiger partial charge is 0.232 e. The van der Waals surface area contributed by atoms with Crippen LogP contribution in [0.1, 0.15) is 35.8 Å². The van der Waals surface area contributed by atoms with Gasteiger partial charge in [0.25, 0.3) is 0 Å². The molecule has 1 unspecified atom stereocenters. The van der Waals surface area contributed by atoms with Crippen LogP contribution in [-0.4, -0.2) is 38.3 Å². The zero-order valence-corrected chi connectivity index (χ0v) is 16.4. The molecule has 3 rings (SSSR count). The molecule has 6 nitrogen and oxygen atoms in total. The molecule has 0 aromatic carbocycles. The van der Waals surface area contributed by atoms with Crippen molar-refractivity contribution in [2.75, 3.05) is 12.8 Å². The van der Waals surface area contributed by atoms with E-state index in [-0.39, 0.29) is 5.78 Å². The number of aromatic nitrogens is 4. The molecule has 0 radical (unpaired) electrons. The Balaban J connectivity index is 1.84. The topological polar surface area (TPSA) is 69.9 Å². The minimum Gasteiger partial charge on any atom is -0.476 e. The molecule has 3 aromatic rings. The zero-order chi connectivity index (χ0) is 18.5. The highest BCUT2D eigenvalue weighted by atomic mass is 35.5. The Hall–Kier alpha value is -2.04. The summed E-state index contributed by atoms with van der Waals surface area (Å²) in [5, 5.41) is 5.77. The summed E-state index contributed by atoms with van der Waals surface area (Å²) in [4.78, 5) is 20.8. The fraction of sp³-hybridized carbons (Fsp3) is 0.333. The van der Waals surface area contributed by atoms with Crippen LogP contribution in [0.25, 0.3) is 10.9 Å². The van der Waals surface area contributed by atoms with Crippen molar-refractivity contribution < 1.29 is 9.53 Å². The molecule has 0 bridgehead atoms. The minimum absolute atomic E-state index is 0.0398. The molecule has 3 heterocycles. The maximum Gasteiger partial charge on any atom is 0.232 e. The van der Waals surface area contributed by atoms with E-state index in [1.165, 1.54) is 0 Å². The number of hydrogen-bond donors (Lipinski definition) is 0. The Morgan fingerprint density at radius 3 is 2.96 bits per heavy atom. The second kappa shape index (κ2) is 8.56. The summed E-state index contributed by atoms with van der Waals surface area (Å²) in [6, 6.07) is 3.62. The quantitative estimate of drug-likeness (QED) is 0.432. The molecule has 0 aliphatic rings. The van der Waals surface area contributed by atoms with Crippen LogP contribution in [0, 0.1) is 0 Å². The lowest BCUT2D eigenvalue weighted by Gasteiger charge is -2.07. The van der Waals surface area contributed by atoms with Gasteiger partial charge in [-0.1, -0.05) is 18.5 Å². The molecule has 0 saturated carbocycles. The molecule has 0 saturated heterocycles. The van der Waals surface area contributed by atoms with E-state index in [2.05, 4.69) is 24.3 Å².